The Morgan fingerprint density at radius 2 is 2.08 bits per heavy atom. The third-order valence-electron chi connectivity index (χ3n) is 2.41. The van der Waals surface area contributed by atoms with Crippen LogP contribution in [0.25, 0.3) is 0 Å². The molecule has 0 fully saturated rings. The standard InChI is InChI=1S/C9H14OS2/c10-6-9(7-12)4-2-1-3-8(9)5-11/h1-4,8,10-12H,5-7H2. The van der Waals surface area contributed by atoms with Crippen molar-refractivity contribution in [1.82, 2.24) is 0 Å². The Morgan fingerprint density at radius 1 is 1.33 bits per heavy atom. The van der Waals surface area contributed by atoms with E-state index >= 15 is 0 Å². The number of aliphatic hydroxyl groups is 1. The lowest BCUT2D eigenvalue weighted by atomic mass is 9.76. The summed E-state index contributed by atoms with van der Waals surface area (Å²) in [6.07, 6.45) is 8.07. The van der Waals surface area contributed by atoms with Crippen LogP contribution >= 0.6 is 25.3 Å². The van der Waals surface area contributed by atoms with E-state index in [9.17, 15) is 5.11 Å². The molecule has 0 aromatic rings. The molecular formula is C9H14OS2. The largest absolute Gasteiger partial charge is 0.395 e. The molecule has 1 aliphatic rings. The predicted molar refractivity (Wildman–Crippen MR) is 59.0 cm³/mol. The molecule has 1 rings (SSSR count). The first-order valence-electron chi connectivity index (χ1n) is 3.97. The minimum Gasteiger partial charge on any atom is -0.395 e. The van der Waals surface area contributed by atoms with E-state index in [0.717, 1.165) is 5.75 Å². The highest BCUT2D eigenvalue weighted by atomic mass is 32.1. The first kappa shape index (κ1) is 10.2. The van der Waals surface area contributed by atoms with Crippen molar-refractivity contribution in [3.8, 4) is 0 Å². The Hall–Kier alpha value is 0.140. The Morgan fingerprint density at radius 3 is 2.50 bits per heavy atom. The van der Waals surface area contributed by atoms with Gasteiger partial charge in [-0.15, -0.1) is 0 Å². The molecule has 12 heavy (non-hydrogen) atoms. The van der Waals surface area contributed by atoms with Crippen LogP contribution in [0.2, 0.25) is 0 Å². The van der Waals surface area contributed by atoms with Crippen LogP contribution in [0.1, 0.15) is 0 Å². The summed E-state index contributed by atoms with van der Waals surface area (Å²) in [5.74, 6) is 1.71. The van der Waals surface area contributed by atoms with Crippen LogP contribution in [0.3, 0.4) is 0 Å². The molecule has 0 amide bonds. The van der Waals surface area contributed by atoms with Gasteiger partial charge >= 0.3 is 0 Å². The Labute approximate surface area is 84.4 Å². The van der Waals surface area contributed by atoms with Crippen molar-refractivity contribution in [3.63, 3.8) is 0 Å². The van der Waals surface area contributed by atoms with Crippen LogP contribution in [-0.2, 0) is 0 Å². The highest BCUT2D eigenvalue weighted by Crippen LogP contribution is 2.34. The maximum atomic E-state index is 9.28. The van der Waals surface area contributed by atoms with E-state index in [0.29, 0.717) is 11.7 Å². The number of aliphatic hydroxyl groups excluding tert-OH is 1. The number of hydrogen-bond donors (Lipinski definition) is 3. The van der Waals surface area contributed by atoms with Gasteiger partial charge in [-0.25, -0.2) is 0 Å². The van der Waals surface area contributed by atoms with E-state index in [1.807, 2.05) is 18.2 Å². The fraction of sp³-hybridized carbons (Fsp3) is 0.556. The highest BCUT2D eigenvalue weighted by Gasteiger charge is 2.33. The van der Waals surface area contributed by atoms with Crippen molar-refractivity contribution >= 4 is 25.3 Å². The molecule has 0 heterocycles. The molecule has 0 aromatic heterocycles. The van der Waals surface area contributed by atoms with Gasteiger partial charge in [-0.2, -0.15) is 25.3 Å². The number of hydrogen-bond acceptors (Lipinski definition) is 3. The van der Waals surface area contributed by atoms with Crippen molar-refractivity contribution in [2.75, 3.05) is 18.1 Å². The highest BCUT2D eigenvalue weighted by molar-refractivity contribution is 7.80. The molecule has 0 saturated heterocycles. The fourth-order valence-corrected chi connectivity index (χ4v) is 2.32. The Kier molecular flexibility index (Phi) is 3.75. The summed E-state index contributed by atoms with van der Waals surface area (Å²) in [6, 6.07) is 0. The lowest BCUT2D eigenvalue weighted by Crippen LogP contribution is -2.35. The molecule has 1 nitrogen and oxygen atoms in total. The summed E-state index contributed by atoms with van der Waals surface area (Å²) in [7, 11) is 0. The van der Waals surface area contributed by atoms with Crippen LogP contribution in [-0.4, -0.2) is 23.2 Å². The molecule has 2 atom stereocenters. The number of allylic oxidation sites excluding steroid dienone is 3. The van der Waals surface area contributed by atoms with Gasteiger partial charge in [0.05, 0.1) is 6.61 Å². The summed E-state index contributed by atoms with van der Waals surface area (Å²) in [4.78, 5) is 0. The molecule has 68 valence electrons. The van der Waals surface area contributed by atoms with Crippen molar-refractivity contribution < 1.29 is 5.11 Å². The average Bonchev–Trinajstić information content (AvgIpc) is 2.17. The van der Waals surface area contributed by atoms with Gasteiger partial charge in [0.25, 0.3) is 0 Å². The van der Waals surface area contributed by atoms with Crippen molar-refractivity contribution in [2.24, 2.45) is 11.3 Å². The zero-order chi connectivity index (χ0) is 9.03. The summed E-state index contributed by atoms with van der Waals surface area (Å²) in [6.45, 7) is 0.141. The summed E-state index contributed by atoms with van der Waals surface area (Å²) in [5, 5.41) is 9.28. The summed E-state index contributed by atoms with van der Waals surface area (Å²) in [5.41, 5.74) is -0.195. The molecule has 1 N–H and O–H groups in total. The number of rotatable bonds is 3. The van der Waals surface area contributed by atoms with Crippen molar-refractivity contribution in [3.05, 3.63) is 24.3 Å². The average molecular weight is 202 g/mol. The zero-order valence-electron chi connectivity index (χ0n) is 6.85. The minimum atomic E-state index is -0.195. The SMILES string of the molecule is OCC1(CS)C=CC=CC1CS. The minimum absolute atomic E-state index is 0.141. The van der Waals surface area contributed by atoms with Crippen LogP contribution in [0.15, 0.2) is 24.3 Å². The predicted octanol–water partition coefficient (Wildman–Crippen LogP) is 1.57. The zero-order valence-corrected chi connectivity index (χ0v) is 8.64. The molecule has 0 spiro atoms. The molecular weight excluding hydrogens is 188 g/mol. The molecule has 0 aromatic carbocycles. The van der Waals surface area contributed by atoms with Gasteiger partial charge in [0.2, 0.25) is 0 Å². The molecule has 0 bridgehead atoms. The maximum Gasteiger partial charge on any atom is 0.0535 e. The van der Waals surface area contributed by atoms with E-state index in [-0.39, 0.29) is 12.0 Å². The third kappa shape index (κ3) is 1.73. The topological polar surface area (TPSA) is 20.2 Å². The first-order chi connectivity index (χ1) is 5.79. The van der Waals surface area contributed by atoms with Gasteiger partial charge in [-0.1, -0.05) is 24.3 Å². The van der Waals surface area contributed by atoms with Crippen molar-refractivity contribution in [2.45, 2.75) is 0 Å². The van der Waals surface area contributed by atoms with Crippen LogP contribution in [0, 0.1) is 11.3 Å². The van der Waals surface area contributed by atoms with Gasteiger partial charge in [-0.3, -0.25) is 0 Å². The van der Waals surface area contributed by atoms with E-state index < -0.39 is 0 Å². The summed E-state index contributed by atoms with van der Waals surface area (Å²) >= 11 is 8.52. The molecule has 2 unspecified atom stereocenters. The second-order valence-corrected chi connectivity index (χ2v) is 3.76. The van der Waals surface area contributed by atoms with E-state index in [2.05, 4.69) is 31.3 Å². The first-order valence-corrected chi connectivity index (χ1v) is 5.24. The van der Waals surface area contributed by atoms with E-state index in [1.165, 1.54) is 0 Å². The Balaban J connectivity index is 2.84. The van der Waals surface area contributed by atoms with Crippen LogP contribution in [0.4, 0.5) is 0 Å². The normalized spacial score (nSPS) is 34.1. The van der Waals surface area contributed by atoms with Crippen LogP contribution < -0.4 is 0 Å². The van der Waals surface area contributed by atoms with Gasteiger partial charge in [0, 0.05) is 11.2 Å². The molecule has 0 aliphatic heterocycles. The van der Waals surface area contributed by atoms with Crippen molar-refractivity contribution in [1.29, 1.82) is 0 Å². The van der Waals surface area contributed by atoms with E-state index in [4.69, 9.17) is 0 Å². The number of thiol groups is 2. The lowest BCUT2D eigenvalue weighted by molar-refractivity contribution is 0.157. The monoisotopic (exact) mass is 202 g/mol. The van der Waals surface area contributed by atoms with Gasteiger partial charge in [0.15, 0.2) is 0 Å². The quantitative estimate of drug-likeness (QED) is 0.593. The summed E-state index contributed by atoms with van der Waals surface area (Å²) < 4.78 is 0. The Bertz CT molecular complexity index is 195. The molecule has 3 heteroatoms. The maximum absolute atomic E-state index is 9.28. The second-order valence-electron chi connectivity index (χ2n) is 3.08. The molecule has 1 aliphatic carbocycles. The van der Waals surface area contributed by atoms with Gasteiger partial charge in [0.1, 0.15) is 0 Å². The van der Waals surface area contributed by atoms with E-state index in [1.54, 1.807) is 0 Å². The second kappa shape index (κ2) is 4.40. The van der Waals surface area contributed by atoms with Crippen LogP contribution in [0.5, 0.6) is 0 Å². The molecule has 0 radical (unpaired) electrons. The van der Waals surface area contributed by atoms with Gasteiger partial charge in [-0.05, 0) is 11.7 Å². The molecule has 0 saturated carbocycles. The smallest absolute Gasteiger partial charge is 0.0535 e. The fourth-order valence-electron chi connectivity index (χ4n) is 1.39. The third-order valence-corrected chi connectivity index (χ3v) is 3.39. The lowest BCUT2D eigenvalue weighted by Gasteiger charge is -2.34. The van der Waals surface area contributed by atoms with Gasteiger partial charge < -0.3 is 5.11 Å².